The number of sulfonamides is 1. The monoisotopic (exact) mass is 312 g/mol. The molecule has 0 saturated carbocycles. The number of piperidine rings is 1. The van der Waals surface area contributed by atoms with Crippen molar-refractivity contribution in [2.24, 2.45) is 5.92 Å². The van der Waals surface area contributed by atoms with E-state index in [1.807, 2.05) is 7.05 Å². The number of likely N-dealkylation sites (tertiary alicyclic amines) is 1. The van der Waals surface area contributed by atoms with E-state index in [-0.39, 0.29) is 5.03 Å². The Labute approximate surface area is 127 Å². The van der Waals surface area contributed by atoms with Crippen molar-refractivity contribution in [1.29, 1.82) is 0 Å². The van der Waals surface area contributed by atoms with Crippen molar-refractivity contribution in [1.82, 2.24) is 19.9 Å². The van der Waals surface area contributed by atoms with Gasteiger partial charge in [-0.1, -0.05) is 6.07 Å². The van der Waals surface area contributed by atoms with Crippen molar-refractivity contribution in [3.05, 3.63) is 23.9 Å². The van der Waals surface area contributed by atoms with E-state index in [2.05, 4.69) is 27.0 Å². The second-order valence-electron chi connectivity index (χ2n) is 5.63. The van der Waals surface area contributed by atoms with Crippen LogP contribution in [0.2, 0.25) is 0 Å². The number of aromatic nitrogens is 1. The molecule has 0 atom stereocenters. The summed E-state index contributed by atoms with van der Waals surface area (Å²) in [5, 5.41) is 3.10. The van der Waals surface area contributed by atoms with Gasteiger partial charge in [-0.25, -0.2) is 18.1 Å². The summed E-state index contributed by atoms with van der Waals surface area (Å²) in [5.74, 6) is 0.416. The Morgan fingerprint density at radius 2 is 2.05 bits per heavy atom. The van der Waals surface area contributed by atoms with E-state index < -0.39 is 10.0 Å². The van der Waals surface area contributed by atoms with Crippen LogP contribution in [0.15, 0.2) is 23.4 Å². The first kappa shape index (κ1) is 16.4. The molecular formula is C14H24N4O2S. The topological polar surface area (TPSA) is 74.3 Å². The fourth-order valence-corrected chi connectivity index (χ4v) is 3.49. The molecule has 2 heterocycles. The third kappa shape index (κ3) is 4.74. The fourth-order valence-electron chi connectivity index (χ4n) is 2.45. The Balaban J connectivity index is 1.91. The van der Waals surface area contributed by atoms with Crippen LogP contribution in [0.4, 0.5) is 0 Å². The lowest BCUT2D eigenvalue weighted by Gasteiger charge is -2.28. The highest BCUT2D eigenvalue weighted by Crippen LogP contribution is 2.16. The molecule has 0 aromatic carbocycles. The summed E-state index contributed by atoms with van der Waals surface area (Å²) in [6, 6.07) is 3.34. The van der Waals surface area contributed by atoms with Crippen molar-refractivity contribution in [3.63, 3.8) is 0 Å². The van der Waals surface area contributed by atoms with Crippen LogP contribution in [0.3, 0.4) is 0 Å². The van der Waals surface area contributed by atoms with Crippen LogP contribution in [0.1, 0.15) is 18.4 Å². The third-order valence-electron chi connectivity index (χ3n) is 3.85. The second kappa shape index (κ2) is 7.31. The van der Waals surface area contributed by atoms with Gasteiger partial charge in [0.25, 0.3) is 10.0 Å². The van der Waals surface area contributed by atoms with E-state index in [4.69, 9.17) is 0 Å². The van der Waals surface area contributed by atoms with E-state index >= 15 is 0 Å². The number of hydrogen-bond acceptors (Lipinski definition) is 5. The van der Waals surface area contributed by atoms with Crippen molar-refractivity contribution < 1.29 is 8.42 Å². The molecule has 1 aromatic rings. The Morgan fingerprint density at radius 1 is 1.33 bits per heavy atom. The molecule has 0 spiro atoms. The van der Waals surface area contributed by atoms with Crippen molar-refractivity contribution in [2.45, 2.75) is 24.4 Å². The maximum atomic E-state index is 12.2. The quantitative estimate of drug-likeness (QED) is 0.796. The number of nitrogens with zero attached hydrogens (tertiary/aromatic N) is 2. The maximum Gasteiger partial charge on any atom is 0.258 e. The molecule has 0 radical (unpaired) electrons. The van der Waals surface area contributed by atoms with E-state index in [1.165, 1.54) is 0 Å². The molecule has 0 unspecified atom stereocenters. The third-order valence-corrected chi connectivity index (χ3v) is 5.19. The van der Waals surface area contributed by atoms with Crippen molar-refractivity contribution >= 4 is 10.0 Å². The fraction of sp³-hybridized carbons (Fsp3) is 0.643. The Morgan fingerprint density at radius 3 is 2.62 bits per heavy atom. The minimum atomic E-state index is -3.50. The maximum absolute atomic E-state index is 12.2. The lowest BCUT2D eigenvalue weighted by Crippen LogP contribution is -2.37. The van der Waals surface area contributed by atoms with Gasteiger partial charge in [0.15, 0.2) is 5.03 Å². The first-order chi connectivity index (χ1) is 10.0. The number of nitrogens with one attached hydrogen (secondary N) is 2. The van der Waals surface area contributed by atoms with Gasteiger partial charge in [-0.15, -0.1) is 0 Å². The minimum absolute atomic E-state index is 0.0929. The zero-order valence-electron chi connectivity index (χ0n) is 12.7. The number of hydrogen-bond donors (Lipinski definition) is 2. The summed E-state index contributed by atoms with van der Waals surface area (Å²) in [6.07, 6.45) is 3.67. The summed E-state index contributed by atoms with van der Waals surface area (Å²) in [7, 11) is 0.435. The average Bonchev–Trinajstić information content (AvgIpc) is 2.48. The zero-order chi connectivity index (χ0) is 15.3. The van der Waals surface area contributed by atoms with Crippen LogP contribution >= 0.6 is 0 Å². The van der Waals surface area contributed by atoms with E-state index in [9.17, 15) is 8.42 Å². The van der Waals surface area contributed by atoms with Gasteiger partial charge in [0.05, 0.1) is 0 Å². The zero-order valence-corrected chi connectivity index (χ0v) is 13.5. The Bertz CT molecular complexity index is 537. The molecule has 0 amide bonds. The molecule has 1 aliphatic rings. The minimum Gasteiger partial charge on any atom is -0.316 e. The van der Waals surface area contributed by atoms with Crippen LogP contribution in [0, 0.1) is 5.92 Å². The molecule has 118 valence electrons. The Kier molecular flexibility index (Phi) is 5.69. The van der Waals surface area contributed by atoms with Gasteiger partial charge in [-0.2, -0.15) is 0 Å². The molecule has 7 heteroatoms. The van der Waals surface area contributed by atoms with Gasteiger partial charge in [0.2, 0.25) is 0 Å². The normalized spacial score (nSPS) is 18.0. The van der Waals surface area contributed by atoms with Crippen LogP contribution < -0.4 is 10.0 Å². The first-order valence-corrected chi connectivity index (χ1v) is 8.77. The SMILES string of the molecule is CNCc1ccc(S(=O)(=O)NCC2CCN(C)CC2)nc1. The lowest BCUT2D eigenvalue weighted by molar-refractivity contribution is 0.220. The van der Waals surface area contributed by atoms with E-state index in [0.29, 0.717) is 19.0 Å². The van der Waals surface area contributed by atoms with Crippen LogP contribution in [-0.2, 0) is 16.6 Å². The largest absolute Gasteiger partial charge is 0.316 e. The van der Waals surface area contributed by atoms with Gasteiger partial charge in [0, 0.05) is 19.3 Å². The van der Waals surface area contributed by atoms with Gasteiger partial charge in [-0.05, 0) is 57.6 Å². The molecule has 2 N–H and O–H groups in total. The molecule has 0 bridgehead atoms. The van der Waals surface area contributed by atoms with Crippen LogP contribution in [0.5, 0.6) is 0 Å². The van der Waals surface area contributed by atoms with Gasteiger partial charge in [0.1, 0.15) is 0 Å². The summed E-state index contributed by atoms with van der Waals surface area (Å²) in [5.41, 5.74) is 0.965. The predicted octanol–water partition coefficient (Wildman–Crippen LogP) is 0.421. The summed E-state index contributed by atoms with van der Waals surface area (Å²) in [4.78, 5) is 6.32. The van der Waals surface area contributed by atoms with E-state index in [1.54, 1.807) is 18.3 Å². The molecule has 1 aromatic heterocycles. The standard InChI is InChI=1S/C14H24N4O2S/c1-15-9-13-3-4-14(16-10-13)21(19,20)17-11-12-5-7-18(2)8-6-12/h3-4,10,12,15,17H,5-9,11H2,1-2H3. The highest BCUT2D eigenvalue weighted by atomic mass is 32.2. The lowest BCUT2D eigenvalue weighted by atomic mass is 9.98. The summed E-state index contributed by atoms with van der Waals surface area (Å²) < 4.78 is 27.1. The molecule has 21 heavy (non-hydrogen) atoms. The molecule has 1 saturated heterocycles. The molecule has 1 aliphatic heterocycles. The molecule has 1 fully saturated rings. The van der Waals surface area contributed by atoms with Crippen molar-refractivity contribution in [3.8, 4) is 0 Å². The van der Waals surface area contributed by atoms with Crippen LogP contribution in [0.25, 0.3) is 0 Å². The average molecular weight is 312 g/mol. The smallest absolute Gasteiger partial charge is 0.258 e. The molecule has 0 aliphatic carbocycles. The Hall–Kier alpha value is -1.02. The predicted molar refractivity (Wildman–Crippen MR) is 82.4 cm³/mol. The van der Waals surface area contributed by atoms with Crippen LogP contribution in [-0.4, -0.2) is 52.0 Å². The van der Waals surface area contributed by atoms with Gasteiger partial charge < -0.3 is 10.2 Å². The number of pyridine rings is 1. The molecule has 6 nitrogen and oxygen atoms in total. The first-order valence-electron chi connectivity index (χ1n) is 7.29. The summed E-state index contributed by atoms with van der Waals surface area (Å²) in [6.45, 7) is 3.24. The second-order valence-corrected chi connectivity index (χ2v) is 7.35. The van der Waals surface area contributed by atoms with Gasteiger partial charge in [-0.3, -0.25) is 0 Å². The van der Waals surface area contributed by atoms with E-state index in [0.717, 1.165) is 31.5 Å². The highest BCUT2D eigenvalue weighted by molar-refractivity contribution is 7.89. The number of rotatable bonds is 6. The summed E-state index contributed by atoms with van der Waals surface area (Å²) >= 11 is 0. The molecule has 2 rings (SSSR count). The highest BCUT2D eigenvalue weighted by Gasteiger charge is 2.21. The van der Waals surface area contributed by atoms with Crippen molar-refractivity contribution in [2.75, 3.05) is 33.7 Å². The molecular weight excluding hydrogens is 288 g/mol. The van der Waals surface area contributed by atoms with Gasteiger partial charge >= 0.3 is 0 Å².